The molecule has 1 aromatic heterocycles. The van der Waals surface area contributed by atoms with E-state index < -0.39 is 0 Å². The predicted molar refractivity (Wildman–Crippen MR) is 105 cm³/mol. The maximum Gasteiger partial charge on any atom is 0.286 e. The van der Waals surface area contributed by atoms with Crippen molar-refractivity contribution in [2.45, 2.75) is 25.4 Å². The topological polar surface area (TPSA) is 57.5 Å². The van der Waals surface area contributed by atoms with Crippen LogP contribution in [0.1, 0.15) is 29.2 Å². The Morgan fingerprint density at radius 1 is 1.23 bits per heavy atom. The third-order valence-electron chi connectivity index (χ3n) is 4.21. The van der Waals surface area contributed by atoms with Crippen LogP contribution in [-0.2, 0) is 6.54 Å². The highest BCUT2D eigenvalue weighted by Gasteiger charge is 2.21. The molecule has 5 nitrogen and oxygen atoms in total. The first-order chi connectivity index (χ1) is 11.6. The number of carbonyl (C=O) groups excluding carboxylic acids is 1. The molecular weight excluding hydrogens is 380 g/mol. The lowest BCUT2D eigenvalue weighted by atomic mass is 10.1. The monoisotopic (exact) mass is 403 g/mol. The van der Waals surface area contributed by atoms with Gasteiger partial charge in [-0.1, -0.05) is 0 Å². The summed E-state index contributed by atoms with van der Waals surface area (Å²) in [6.45, 7) is 2.56. The molecule has 1 aromatic carbocycles. The van der Waals surface area contributed by atoms with Gasteiger partial charge in [0.15, 0.2) is 5.76 Å². The summed E-state index contributed by atoms with van der Waals surface area (Å²) in [5, 5.41) is 6.01. The van der Waals surface area contributed by atoms with E-state index in [2.05, 4.69) is 15.5 Å². The zero-order valence-electron chi connectivity index (χ0n) is 14.5. The molecule has 2 heterocycles. The number of anilines is 1. The van der Waals surface area contributed by atoms with Crippen molar-refractivity contribution in [3.63, 3.8) is 0 Å². The number of carbonyl (C=O) groups is 1. The van der Waals surface area contributed by atoms with Gasteiger partial charge in [-0.15, -0.1) is 24.8 Å². The molecule has 1 unspecified atom stereocenters. The maximum atomic E-state index is 13.0. The highest BCUT2D eigenvalue weighted by Crippen LogP contribution is 2.19. The third kappa shape index (κ3) is 5.90. The van der Waals surface area contributed by atoms with Crippen molar-refractivity contribution >= 4 is 36.4 Å². The maximum absolute atomic E-state index is 13.0. The minimum atomic E-state index is -0.226. The molecule has 0 radical (unpaired) electrons. The summed E-state index contributed by atoms with van der Waals surface area (Å²) in [5.74, 6) is 0.688. The van der Waals surface area contributed by atoms with E-state index in [1.54, 1.807) is 25.2 Å². The van der Waals surface area contributed by atoms with E-state index in [0.29, 0.717) is 18.3 Å². The number of likely N-dealkylation sites (tertiary alicyclic amines) is 1. The van der Waals surface area contributed by atoms with Crippen molar-refractivity contribution < 1.29 is 13.6 Å². The highest BCUT2D eigenvalue weighted by atomic mass is 35.5. The summed E-state index contributed by atoms with van der Waals surface area (Å²) in [5.41, 5.74) is 0.933. The molecule has 1 saturated heterocycles. The van der Waals surface area contributed by atoms with Crippen LogP contribution in [0.15, 0.2) is 40.8 Å². The number of amides is 1. The molecule has 144 valence electrons. The normalized spacial score (nSPS) is 16.9. The minimum absolute atomic E-state index is 0. The van der Waals surface area contributed by atoms with E-state index in [1.165, 1.54) is 12.1 Å². The predicted octanol–water partition coefficient (Wildman–Crippen LogP) is 3.70. The molecular formula is C18H24Cl2FN3O2. The number of rotatable bonds is 5. The summed E-state index contributed by atoms with van der Waals surface area (Å²) in [6, 6.07) is 10.3. The van der Waals surface area contributed by atoms with E-state index in [1.807, 2.05) is 6.07 Å². The van der Waals surface area contributed by atoms with Gasteiger partial charge in [0.05, 0.1) is 6.54 Å². The second-order valence-corrected chi connectivity index (χ2v) is 6.07. The van der Waals surface area contributed by atoms with Crippen molar-refractivity contribution in [3.8, 4) is 0 Å². The fourth-order valence-electron chi connectivity index (χ4n) is 3.03. The van der Waals surface area contributed by atoms with E-state index in [0.717, 1.165) is 37.4 Å². The Hall–Kier alpha value is -1.76. The Balaban J connectivity index is 0.00000169. The standard InChI is InChI=1S/C18H22FN3O2.2ClH/c1-20-18(23)17-9-8-16(24-17)12-22-10-2-3-15(11-22)21-14-6-4-13(19)5-7-14;;/h4-9,15,21H,2-3,10-12H2,1H3,(H,20,23);2*1H. The van der Waals surface area contributed by atoms with Crippen LogP contribution in [-0.4, -0.2) is 37.0 Å². The van der Waals surface area contributed by atoms with Gasteiger partial charge in [0, 0.05) is 25.3 Å². The van der Waals surface area contributed by atoms with Crippen LogP contribution in [0.3, 0.4) is 0 Å². The largest absolute Gasteiger partial charge is 0.455 e. The van der Waals surface area contributed by atoms with Crippen molar-refractivity contribution in [2.75, 3.05) is 25.5 Å². The number of nitrogens with zero attached hydrogens (tertiary/aromatic N) is 1. The first-order valence-electron chi connectivity index (χ1n) is 8.19. The van der Waals surface area contributed by atoms with Crippen molar-refractivity contribution in [1.29, 1.82) is 0 Å². The fourth-order valence-corrected chi connectivity index (χ4v) is 3.03. The quantitative estimate of drug-likeness (QED) is 0.798. The molecule has 0 spiro atoms. The van der Waals surface area contributed by atoms with E-state index in [-0.39, 0.29) is 36.5 Å². The summed E-state index contributed by atoms with van der Waals surface area (Å²) in [7, 11) is 1.58. The molecule has 0 saturated carbocycles. The zero-order valence-corrected chi connectivity index (χ0v) is 16.2. The summed E-state index contributed by atoms with van der Waals surface area (Å²) in [6.07, 6.45) is 2.16. The lowest BCUT2D eigenvalue weighted by Gasteiger charge is -2.33. The number of hydrogen-bond acceptors (Lipinski definition) is 4. The lowest BCUT2D eigenvalue weighted by molar-refractivity contribution is 0.0930. The van der Waals surface area contributed by atoms with Gasteiger partial charge >= 0.3 is 0 Å². The molecule has 0 bridgehead atoms. The number of halogens is 3. The Morgan fingerprint density at radius 3 is 2.65 bits per heavy atom. The number of hydrogen-bond donors (Lipinski definition) is 2. The van der Waals surface area contributed by atoms with Crippen LogP contribution < -0.4 is 10.6 Å². The smallest absolute Gasteiger partial charge is 0.286 e. The van der Waals surface area contributed by atoms with Crippen LogP contribution >= 0.6 is 24.8 Å². The summed E-state index contributed by atoms with van der Waals surface area (Å²) >= 11 is 0. The molecule has 3 rings (SSSR count). The number of benzene rings is 1. The Labute approximate surface area is 165 Å². The second-order valence-electron chi connectivity index (χ2n) is 6.07. The van der Waals surface area contributed by atoms with Crippen molar-refractivity contribution in [3.05, 3.63) is 53.7 Å². The molecule has 1 aliphatic heterocycles. The average Bonchev–Trinajstić information content (AvgIpc) is 3.05. The van der Waals surface area contributed by atoms with Gasteiger partial charge in [-0.3, -0.25) is 9.69 Å². The van der Waals surface area contributed by atoms with Crippen LogP contribution in [0, 0.1) is 5.82 Å². The van der Waals surface area contributed by atoms with Gasteiger partial charge in [0.25, 0.3) is 5.91 Å². The molecule has 2 aromatic rings. The second kappa shape index (κ2) is 10.4. The zero-order chi connectivity index (χ0) is 16.9. The average molecular weight is 404 g/mol. The minimum Gasteiger partial charge on any atom is -0.455 e. The van der Waals surface area contributed by atoms with Gasteiger partial charge in [-0.25, -0.2) is 4.39 Å². The summed E-state index contributed by atoms with van der Waals surface area (Å²) < 4.78 is 18.6. The van der Waals surface area contributed by atoms with E-state index in [4.69, 9.17) is 4.42 Å². The van der Waals surface area contributed by atoms with Crippen molar-refractivity contribution in [1.82, 2.24) is 10.2 Å². The first kappa shape index (κ1) is 22.3. The Kier molecular flexibility index (Phi) is 8.92. The molecule has 8 heteroatoms. The van der Waals surface area contributed by atoms with Crippen LogP contribution in [0.25, 0.3) is 0 Å². The lowest BCUT2D eigenvalue weighted by Crippen LogP contribution is -2.41. The first-order valence-corrected chi connectivity index (χ1v) is 8.19. The number of nitrogens with one attached hydrogen (secondary N) is 2. The van der Waals surface area contributed by atoms with Crippen molar-refractivity contribution in [2.24, 2.45) is 0 Å². The Morgan fingerprint density at radius 2 is 1.96 bits per heavy atom. The van der Waals surface area contributed by atoms with Gasteiger partial charge < -0.3 is 15.1 Å². The highest BCUT2D eigenvalue weighted by molar-refractivity contribution is 5.91. The molecule has 1 aliphatic rings. The van der Waals surface area contributed by atoms with Gasteiger partial charge in [0.2, 0.25) is 0 Å². The molecule has 1 atom stereocenters. The SMILES string of the molecule is CNC(=O)c1ccc(CN2CCCC(Nc3ccc(F)cc3)C2)o1.Cl.Cl. The van der Waals surface area contributed by atoms with Crippen LogP contribution in [0.5, 0.6) is 0 Å². The van der Waals surface area contributed by atoms with Crippen LogP contribution in [0.2, 0.25) is 0 Å². The molecule has 1 amide bonds. The van der Waals surface area contributed by atoms with Crippen LogP contribution in [0.4, 0.5) is 10.1 Å². The molecule has 1 fully saturated rings. The van der Waals surface area contributed by atoms with Gasteiger partial charge in [0.1, 0.15) is 11.6 Å². The molecule has 26 heavy (non-hydrogen) atoms. The molecule has 0 aliphatic carbocycles. The summed E-state index contributed by atoms with van der Waals surface area (Å²) in [4.78, 5) is 13.8. The van der Waals surface area contributed by atoms with E-state index in [9.17, 15) is 9.18 Å². The number of piperidine rings is 1. The fraction of sp³-hybridized carbons (Fsp3) is 0.389. The third-order valence-corrected chi connectivity index (χ3v) is 4.21. The Bertz CT molecular complexity index is 694. The van der Waals surface area contributed by atoms with Gasteiger partial charge in [-0.2, -0.15) is 0 Å². The van der Waals surface area contributed by atoms with E-state index >= 15 is 0 Å². The molecule has 2 N–H and O–H groups in total. The number of furan rings is 1. The van der Waals surface area contributed by atoms with Gasteiger partial charge in [-0.05, 0) is 55.8 Å².